The molecule has 2 aliphatic heterocycles. The molecule has 1 unspecified atom stereocenters. The number of amides is 5. The normalized spacial score (nSPS) is 15.0. The van der Waals surface area contributed by atoms with Crippen molar-refractivity contribution in [2.45, 2.75) is 50.7 Å². The number of nitrogens with one attached hydrogen (secondary N) is 3. The SMILES string of the molecule is Cn1cc(NC(=O)c2coc(-c3ccnc(NCC(F)(F)F)c3)n2)c(C(=O)CCCOCCOCCOCCOCCOCCCc2cccc3c2C(=O)N(C2CCC(=O)NC2=O)C3=O)n1. The Labute approximate surface area is 375 Å². The number of nitrogens with zero attached hydrogens (tertiary/aromatic N) is 5. The fourth-order valence-electron chi connectivity index (χ4n) is 6.93. The molecule has 20 nitrogen and oxygen atoms in total. The van der Waals surface area contributed by atoms with Gasteiger partial charge in [-0.2, -0.15) is 18.3 Å². The first kappa shape index (κ1) is 49.0. The third kappa shape index (κ3) is 13.8. The molecule has 1 saturated heterocycles. The van der Waals surface area contributed by atoms with E-state index in [4.69, 9.17) is 28.1 Å². The third-order valence-corrected chi connectivity index (χ3v) is 10.0. The molecule has 354 valence electrons. The zero-order chi connectivity index (χ0) is 47.1. The number of Topliss-reactive ketones (excluding diaryl/α,β-unsaturated/α-hetero) is 1. The maximum Gasteiger partial charge on any atom is 0.405 e. The van der Waals surface area contributed by atoms with Crippen molar-refractivity contribution >= 4 is 46.8 Å². The number of fused-ring (bicyclic) bond motifs is 1. The molecule has 1 aromatic carbocycles. The van der Waals surface area contributed by atoms with E-state index in [9.17, 15) is 41.9 Å². The second kappa shape index (κ2) is 23.7. The fraction of sp³-hybridized carbons (Fsp3) is 0.465. The van der Waals surface area contributed by atoms with Crippen molar-refractivity contribution in [3.63, 3.8) is 0 Å². The number of benzene rings is 1. The summed E-state index contributed by atoms with van der Waals surface area (Å²) < 4.78 is 72.3. The lowest BCUT2D eigenvalue weighted by atomic mass is 9.99. The van der Waals surface area contributed by atoms with Crippen molar-refractivity contribution in [3.05, 3.63) is 77.1 Å². The summed E-state index contributed by atoms with van der Waals surface area (Å²) in [6.45, 7) is 2.20. The molecular formula is C43H49F3N8O12. The van der Waals surface area contributed by atoms with Crippen molar-refractivity contribution in [2.75, 3.05) is 83.2 Å². The van der Waals surface area contributed by atoms with Crippen LogP contribution in [0.3, 0.4) is 0 Å². The lowest BCUT2D eigenvalue weighted by molar-refractivity contribution is -0.136. The van der Waals surface area contributed by atoms with Crippen molar-refractivity contribution in [2.24, 2.45) is 7.05 Å². The molecule has 4 aromatic rings. The van der Waals surface area contributed by atoms with E-state index in [0.29, 0.717) is 95.4 Å². The van der Waals surface area contributed by atoms with Crippen LogP contribution in [0.5, 0.6) is 0 Å². The number of ether oxygens (including phenoxy) is 5. The molecule has 23 heteroatoms. The molecule has 3 N–H and O–H groups in total. The van der Waals surface area contributed by atoms with Crippen LogP contribution in [0.25, 0.3) is 11.5 Å². The Bertz CT molecular complexity index is 2350. The molecule has 0 spiro atoms. The van der Waals surface area contributed by atoms with Crippen LogP contribution in [-0.4, -0.2) is 145 Å². The van der Waals surface area contributed by atoms with Gasteiger partial charge in [0.25, 0.3) is 17.7 Å². The lowest BCUT2D eigenvalue weighted by Crippen LogP contribution is -2.54. The standard InChI is InChI=1S/C43H49F3N8O12/c1-53-24-30(49-38(57)31-25-66-40(50-31)28-11-12-47-34(23-28)48-26-43(44,45)46)37(52-53)33(55)8-4-14-62-16-18-64-20-22-65-21-19-63-17-15-61-13-3-6-27-5-2-7-29-36(27)42(60)54(41(29)59)32-9-10-35(56)51-39(32)58/h2,5,7,11-12,23-25,32H,3-4,6,8-10,13-22,26H2,1H3,(H,47,48)(H,49,57)(H,51,56,58). The Kier molecular flexibility index (Phi) is 17.6. The first-order chi connectivity index (χ1) is 31.8. The number of rotatable bonds is 27. The van der Waals surface area contributed by atoms with E-state index < -0.39 is 48.3 Å². The molecule has 0 aliphatic carbocycles. The molecule has 1 fully saturated rings. The van der Waals surface area contributed by atoms with Gasteiger partial charge < -0.3 is 38.7 Å². The van der Waals surface area contributed by atoms with Crippen molar-refractivity contribution < 1.29 is 70.0 Å². The van der Waals surface area contributed by atoms with Crippen LogP contribution >= 0.6 is 0 Å². The summed E-state index contributed by atoms with van der Waals surface area (Å²) in [6, 6.07) is 6.81. The number of piperidine rings is 1. The number of carbonyl (C=O) groups is 6. The Hall–Kier alpha value is -6.40. The summed E-state index contributed by atoms with van der Waals surface area (Å²) >= 11 is 0. The summed E-state index contributed by atoms with van der Waals surface area (Å²) in [5.74, 6) is -3.22. The first-order valence-corrected chi connectivity index (χ1v) is 21.1. The number of oxazole rings is 1. The van der Waals surface area contributed by atoms with Gasteiger partial charge in [-0.15, -0.1) is 0 Å². The second-order valence-corrected chi connectivity index (χ2v) is 14.9. The zero-order valence-corrected chi connectivity index (χ0v) is 36.0. The van der Waals surface area contributed by atoms with Crippen LogP contribution in [0, 0.1) is 0 Å². The third-order valence-electron chi connectivity index (χ3n) is 10.0. The minimum atomic E-state index is -4.44. The van der Waals surface area contributed by atoms with Crippen LogP contribution < -0.4 is 16.0 Å². The number of hydrogen-bond donors (Lipinski definition) is 3. The van der Waals surface area contributed by atoms with Gasteiger partial charge >= 0.3 is 6.18 Å². The highest BCUT2D eigenvalue weighted by Crippen LogP contribution is 2.31. The molecule has 6 rings (SSSR count). The maximum absolute atomic E-state index is 13.2. The van der Waals surface area contributed by atoms with E-state index in [0.717, 1.165) is 11.2 Å². The number of halogens is 3. The molecule has 0 bridgehead atoms. The topological polar surface area (TPSA) is 245 Å². The minimum Gasteiger partial charge on any atom is -0.444 e. The number of carbonyl (C=O) groups excluding carboxylic acids is 6. The number of anilines is 2. The van der Waals surface area contributed by atoms with Gasteiger partial charge in [0.15, 0.2) is 17.2 Å². The number of aromatic nitrogens is 4. The molecule has 66 heavy (non-hydrogen) atoms. The second-order valence-electron chi connectivity index (χ2n) is 14.9. The van der Waals surface area contributed by atoms with Gasteiger partial charge in [-0.05, 0) is 49.4 Å². The van der Waals surface area contributed by atoms with Crippen molar-refractivity contribution in [1.82, 2.24) is 30.0 Å². The largest absolute Gasteiger partial charge is 0.444 e. The highest BCUT2D eigenvalue weighted by molar-refractivity contribution is 6.24. The number of pyridine rings is 1. The zero-order valence-electron chi connectivity index (χ0n) is 36.0. The highest BCUT2D eigenvalue weighted by atomic mass is 19.4. The number of alkyl halides is 3. The molecule has 5 heterocycles. The van der Waals surface area contributed by atoms with E-state index in [-0.39, 0.29) is 66.0 Å². The molecule has 0 saturated carbocycles. The summed E-state index contributed by atoms with van der Waals surface area (Å²) in [4.78, 5) is 85.0. The van der Waals surface area contributed by atoms with E-state index in [1.54, 1.807) is 25.2 Å². The summed E-state index contributed by atoms with van der Waals surface area (Å²) in [5, 5.41) is 11.2. The molecule has 2 aliphatic rings. The van der Waals surface area contributed by atoms with Gasteiger partial charge in [0, 0.05) is 51.1 Å². The lowest BCUT2D eigenvalue weighted by Gasteiger charge is -2.27. The van der Waals surface area contributed by atoms with E-state index in [1.165, 1.54) is 29.2 Å². The van der Waals surface area contributed by atoms with Gasteiger partial charge in [-0.25, -0.2) is 9.97 Å². The van der Waals surface area contributed by atoms with Crippen molar-refractivity contribution in [1.29, 1.82) is 0 Å². The van der Waals surface area contributed by atoms with Gasteiger partial charge in [0.05, 0.1) is 69.7 Å². The van der Waals surface area contributed by atoms with Gasteiger partial charge in [0.1, 0.15) is 24.7 Å². The fourth-order valence-corrected chi connectivity index (χ4v) is 6.93. The Balaban J connectivity index is 0.755. The number of imide groups is 2. The average molecular weight is 927 g/mol. The smallest absolute Gasteiger partial charge is 0.405 e. The predicted molar refractivity (Wildman–Crippen MR) is 225 cm³/mol. The van der Waals surface area contributed by atoms with E-state index >= 15 is 0 Å². The maximum atomic E-state index is 13.2. The van der Waals surface area contributed by atoms with Gasteiger partial charge in [-0.1, -0.05) is 12.1 Å². The molecule has 5 amide bonds. The van der Waals surface area contributed by atoms with Gasteiger partial charge in [0.2, 0.25) is 17.7 Å². The van der Waals surface area contributed by atoms with Crippen molar-refractivity contribution in [3.8, 4) is 11.5 Å². The minimum absolute atomic E-state index is 0.0213. The van der Waals surface area contributed by atoms with E-state index in [1.807, 2.05) is 0 Å². The number of ketones is 1. The van der Waals surface area contributed by atoms with Crippen LogP contribution in [0.1, 0.15) is 79.4 Å². The quantitative estimate of drug-likeness (QED) is 0.0438. The average Bonchev–Trinajstić information content (AvgIpc) is 4.00. The summed E-state index contributed by atoms with van der Waals surface area (Å²) in [7, 11) is 1.60. The number of aryl methyl sites for hydroxylation is 2. The monoisotopic (exact) mass is 926 g/mol. The highest BCUT2D eigenvalue weighted by Gasteiger charge is 2.45. The molecular weight excluding hydrogens is 878 g/mol. The summed E-state index contributed by atoms with van der Waals surface area (Å²) in [6.07, 6.45) is 1.12. The molecule has 1 atom stereocenters. The Morgan fingerprint density at radius 3 is 2.23 bits per heavy atom. The van der Waals surface area contributed by atoms with Crippen LogP contribution in [0.2, 0.25) is 0 Å². The van der Waals surface area contributed by atoms with Crippen LogP contribution in [0.15, 0.2) is 53.4 Å². The Morgan fingerprint density at radius 2 is 1.56 bits per heavy atom. The predicted octanol–water partition coefficient (Wildman–Crippen LogP) is 3.78. The molecule has 0 radical (unpaired) electrons. The van der Waals surface area contributed by atoms with E-state index in [2.05, 4.69) is 31.0 Å². The molecule has 3 aromatic heterocycles. The van der Waals surface area contributed by atoms with Crippen LogP contribution in [0.4, 0.5) is 24.7 Å². The van der Waals surface area contributed by atoms with Crippen LogP contribution in [-0.2, 0) is 46.7 Å². The first-order valence-electron chi connectivity index (χ1n) is 21.1. The summed E-state index contributed by atoms with van der Waals surface area (Å²) in [5.41, 5.74) is 1.61. The number of hydrogen-bond acceptors (Lipinski definition) is 16. The Morgan fingerprint density at radius 1 is 0.894 bits per heavy atom. The van der Waals surface area contributed by atoms with Gasteiger partial charge in [-0.3, -0.25) is 43.7 Å².